The lowest BCUT2D eigenvalue weighted by Gasteiger charge is -2.05. The van der Waals surface area contributed by atoms with Crippen LogP contribution in [0, 0.1) is 0 Å². The van der Waals surface area contributed by atoms with Gasteiger partial charge in [-0.3, -0.25) is 0 Å². The number of hydrogen-bond acceptors (Lipinski definition) is 3. The molecule has 3 aromatic rings. The topological polar surface area (TPSA) is 39.4 Å². The van der Waals surface area contributed by atoms with Gasteiger partial charge in [-0.2, -0.15) is 0 Å². The minimum Gasteiger partial charge on any atom is -0.489 e. The molecule has 0 bridgehead atoms. The molecule has 0 aliphatic carbocycles. The van der Waals surface area contributed by atoms with E-state index in [1.54, 1.807) is 0 Å². The molecule has 0 saturated carbocycles. The lowest BCUT2D eigenvalue weighted by Crippen LogP contribution is -1.94. The summed E-state index contributed by atoms with van der Waals surface area (Å²) in [6.07, 6.45) is 0.796. The number of aldehydes is 1. The zero-order chi connectivity index (χ0) is 14.7. The van der Waals surface area contributed by atoms with Crippen LogP contribution in [-0.2, 0) is 11.4 Å². The SMILES string of the molecule is O=CC(Br)c1cc2ccc(OCc3ccccc3)cc2o1. The molecule has 1 unspecified atom stereocenters. The maximum atomic E-state index is 10.8. The Morgan fingerprint density at radius 2 is 1.95 bits per heavy atom. The Balaban J connectivity index is 1.79. The summed E-state index contributed by atoms with van der Waals surface area (Å²) in [4.78, 5) is 10.4. The number of benzene rings is 2. The van der Waals surface area contributed by atoms with Gasteiger partial charge in [-0.25, -0.2) is 0 Å². The van der Waals surface area contributed by atoms with E-state index in [-0.39, 0.29) is 0 Å². The molecule has 0 amide bonds. The van der Waals surface area contributed by atoms with Crippen molar-refractivity contribution < 1.29 is 13.9 Å². The molecule has 0 fully saturated rings. The second-order valence-electron chi connectivity index (χ2n) is 4.66. The first-order chi connectivity index (χ1) is 10.3. The van der Waals surface area contributed by atoms with Crippen molar-refractivity contribution in [3.63, 3.8) is 0 Å². The normalized spacial score (nSPS) is 12.2. The molecule has 0 aliphatic heterocycles. The molecule has 1 heterocycles. The largest absolute Gasteiger partial charge is 0.489 e. The van der Waals surface area contributed by atoms with Crippen LogP contribution in [0.15, 0.2) is 59.0 Å². The highest BCUT2D eigenvalue weighted by atomic mass is 79.9. The highest BCUT2D eigenvalue weighted by Gasteiger charge is 2.12. The van der Waals surface area contributed by atoms with Gasteiger partial charge >= 0.3 is 0 Å². The summed E-state index contributed by atoms with van der Waals surface area (Å²) >= 11 is 3.25. The fourth-order valence-corrected chi connectivity index (χ4v) is 2.29. The summed E-state index contributed by atoms with van der Waals surface area (Å²) in [6.45, 7) is 0.509. The second kappa shape index (κ2) is 6.14. The third kappa shape index (κ3) is 3.16. The molecular formula is C17H13BrO3. The van der Waals surface area contributed by atoms with Crippen molar-refractivity contribution >= 4 is 33.2 Å². The fourth-order valence-electron chi connectivity index (χ4n) is 2.07. The first-order valence-corrected chi connectivity index (χ1v) is 7.47. The van der Waals surface area contributed by atoms with E-state index in [1.165, 1.54) is 0 Å². The van der Waals surface area contributed by atoms with Crippen molar-refractivity contribution in [1.29, 1.82) is 0 Å². The molecule has 1 atom stereocenters. The second-order valence-corrected chi connectivity index (χ2v) is 5.65. The van der Waals surface area contributed by atoms with Crippen LogP contribution in [0.1, 0.15) is 16.2 Å². The van der Waals surface area contributed by atoms with Crippen LogP contribution in [0.4, 0.5) is 0 Å². The summed E-state index contributed by atoms with van der Waals surface area (Å²) in [5.74, 6) is 1.34. The number of halogens is 1. The maximum Gasteiger partial charge on any atom is 0.141 e. The van der Waals surface area contributed by atoms with Crippen LogP contribution in [0.2, 0.25) is 0 Å². The zero-order valence-electron chi connectivity index (χ0n) is 11.2. The van der Waals surface area contributed by atoms with E-state index >= 15 is 0 Å². The summed E-state index contributed by atoms with van der Waals surface area (Å²) in [5.41, 5.74) is 1.82. The zero-order valence-corrected chi connectivity index (χ0v) is 12.7. The number of furan rings is 1. The smallest absolute Gasteiger partial charge is 0.141 e. The Bertz CT molecular complexity index is 749. The van der Waals surface area contributed by atoms with Crippen LogP contribution in [0.5, 0.6) is 5.75 Å². The number of alkyl halides is 1. The molecule has 0 saturated heterocycles. The molecule has 0 aliphatic rings. The van der Waals surface area contributed by atoms with E-state index in [9.17, 15) is 4.79 Å². The van der Waals surface area contributed by atoms with Crippen molar-refractivity contribution in [1.82, 2.24) is 0 Å². The Hall–Kier alpha value is -2.07. The average Bonchev–Trinajstić information content (AvgIpc) is 2.96. The van der Waals surface area contributed by atoms with E-state index in [1.807, 2.05) is 54.6 Å². The molecule has 3 rings (SSSR count). The van der Waals surface area contributed by atoms with Crippen LogP contribution in [-0.4, -0.2) is 6.29 Å². The van der Waals surface area contributed by atoms with Gasteiger partial charge in [0, 0.05) is 11.5 Å². The van der Waals surface area contributed by atoms with Crippen molar-refractivity contribution in [2.75, 3.05) is 0 Å². The number of ether oxygens (including phenoxy) is 1. The lowest BCUT2D eigenvalue weighted by molar-refractivity contribution is -0.107. The van der Waals surface area contributed by atoms with Crippen LogP contribution >= 0.6 is 15.9 Å². The summed E-state index contributed by atoms with van der Waals surface area (Å²) in [7, 11) is 0. The number of carbonyl (C=O) groups is 1. The highest BCUT2D eigenvalue weighted by molar-refractivity contribution is 9.09. The van der Waals surface area contributed by atoms with Gasteiger partial charge in [-0.15, -0.1) is 0 Å². The molecule has 1 aromatic heterocycles. The highest BCUT2D eigenvalue weighted by Crippen LogP contribution is 2.30. The minimum absolute atomic E-state index is 0.418. The molecule has 21 heavy (non-hydrogen) atoms. The molecule has 0 N–H and O–H groups in total. The Morgan fingerprint density at radius 1 is 1.14 bits per heavy atom. The molecule has 0 spiro atoms. The molecule has 106 valence electrons. The number of carbonyl (C=O) groups excluding carboxylic acids is 1. The van der Waals surface area contributed by atoms with Gasteiger partial charge in [0.15, 0.2) is 0 Å². The summed E-state index contributed by atoms with van der Waals surface area (Å²) in [6, 6.07) is 17.5. The Morgan fingerprint density at radius 3 is 2.71 bits per heavy atom. The first-order valence-electron chi connectivity index (χ1n) is 6.56. The minimum atomic E-state index is -0.418. The lowest BCUT2D eigenvalue weighted by atomic mass is 10.2. The van der Waals surface area contributed by atoms with Gasteiger partial charge in [0.05, 0.1) is 0 Å². The third-order valence-corrected chi connectivity index (χ3v) is 3.82. The van der Waals surface area contributed by atoms with Crippen molar-refractivity contribution in [2.24, 2.45) is 0 Å². The summed E-state index contributed by atoms with van der Waals surface area (Å²) in [5, 5.41) is 0.948. The van der Waals surface area contributed by atoms with Crippen LogP contribution < -0.4 is 4.74 Å². The van der Waals surface area contributed by atoms with Gasteiger partial charge < -0.3 is 13.9 Å². The molecule has 2 aromatic carbocycles. The predicted molar refractivity (Wildman–Crippen MR) is 84.7 cm³/mol. The number of rotatable bonds is 5. The van der Waals surface area contributed by atoms with Gasteiger partial charge in [-0.1, -0.05) is 46.3 Å². The van der Waals surface area contributed by atoms with E-state index in [2.05, 4.69) is 15.9 Å². The van der Waals surface area contributed by atoms with E-state index < -0.39 is 4.83 Å². The Labute approximate surface area is 130 Å². The molecular weight excluding hydrogens is 332 g/mol. The van der Waals surface area contributed by atoms with Crippen LogP contribution in [0.3, 0.4) is 0 Å². The number of hydrogen-bond donors (Lipinski definition) is 0. The first kappa shape index (κ1) is 13.9. The monoisotopic (exact) mass is 344 g/mol. The van der Waals surface area contributed by atoms with Crippen molar-refractivity contribution in [3.8, 4) is 5.75 Å². The Kier molecular flexibility index (Phi) is 4.06. The molecule has 3 nitrogen and oxygen atoms in total. The van der Waals surface area contributed by atoms with Crippen molar-refractivity contribution in [3.05, 3.63) is 65.9 Å². The van der Waals surface area contributed by atoms with E-state index in [4.69, 9.17) is 9.15 Å². The van der Waals surface area contributed by atoms with Crippen molar-refractivity contribution in [2.45, 2.75) is 11.4 Å². The van der Waals surface area contributed by atoms with Gasteiger partial charge in [0.2, 0.25) is 0 Å². The van der Waals surface area contributed by atoms with E-state index in [0.717, 1.165) is 23.0 Å². The van der Waals surface area contributed by atoms with E-state index in [0.29, 0.717) is 18.0 Å². The fraction of sp³-hybridized carbons (Fsp3) is 0.118. The third-order valence-electron chi connectivity index (χ3n) is 3.15. The predicted octanol–water partition coefficient (Wildman–Crippen LogP) is 4.65. The standard InChI is InChI=1S/C17H13BrO3/c18-15(10-19)17-8-13-6-7-14(9-16(13)21-17)20-11-12-4-2-1-3-5-12/h1-10,15H,11H2. The van der Waals surface area contributed by atoms with Crippen LogP contribution in [0.25, 0.3) is 11.0 Å². The van der Waals surface area contributed by atoms with Gasteiger partial charge in [-0.05, 0) is 23.8 Å². The molecule has 0 radical (unpaired) electrons. The quantitative estimate of drug-likeness (QED) is 0.499. The van der Waals surface area contributed by atoms with Gasteiger partial charge in [0.25, 0.3) is 0 Å². The number of fused-ring (bicyclic) bond motifs is 1. The summed E-state index contributed by atoms with van der Waals surface area (Å²) < 4.78 is 11.4. The van der Waals surface area contributed by atoms with Gasteiger partial charge in [0.1, 0.15) is 34.8 Å². The average molecular weight is 345 g/mol. The maximum absolute atomic E-state index is 10.8. The molecule has 4 heteroatoms.